The molecule has 19 heavy (non-hydrogen) atoms. The molecule has 0 amide bonds. The molecule has 2 heterocycles. The monoisotopic (exact) mass is 268 g/mol. The SMILES string of the molecule is CC(=O)c1sc(-c2cncc3ccccc23)nc1C. The Morgan fingerprint density at radius 1 is 1.21 bits per heavy atom. The largest absolute Gasteiger partial charge is 0.294 e. The van der Waals surface area contributed by atoms with E-state index in [9.17, 15) is 4.79 Å². The predicted octanol–water partition coefficient (Wildman–Crippen LogP) is 3.87. The molecule has 4 heteroatoms. The van der Waals surface area contributed by atoms with Crippen molar-refractivity contribution in [2.75, 3.05) is 0 Å². The molecule has 0 radical (unpaired) electrons. The number of ketones is 1. The maximum atomic E-state index is 11.5. The van der Waals surface area contributed by atoms with Crippen LogP contribution in [0.3, 0.4) is 0 Å². The van der Waals surface area contributed by atoms with Crippen LogP contribution in [-0.2, 0) is 0 Å². The van der Waals surface area contributed by atoms with Gasteiger partial charge in [0.1, 0.15) is 5.01 Å². The highest BCUT2D eigenvalue weighted by molar-refractivity contribution is 7.17. The molecule has 94 valence electrons. The van der Waals surface area contributed by atoms with Crippen LogP contribution < -0.4 is 0 Å². The summed E-state index contributed by atoms with van der Waals surface area (Å²) in [6.07, 6.45) is 3.65. The summed E-state index contributed by atoms with van der Waals surface area (Å²) in [5.41, 5.74) is 1.78. The summed E-state index contributed by atoms with van der Waals surface area (Å²) in [6, 6.07) is 8.06. The van der Waals surface area contributed by atoms with E-state index in [0.717, 1.165) is 31.9 Å². The Morgan fingerprint density at radius 3 is 2.74 bits per heavy atom. The second kappa shape index (κ2) is 4.55. The summed E-state index contributed by atoms with van der Waals surface area (Å²) in [5.74, 6) is 0.0643. The van der Waals surface area contributed by atoms with Crippen LogP contribution in [0.4, 0.5) is 0 Å². The van der Waals surface area contributed by atoms with Gasteiger partial charge in [-0.05, 0) is 12.3 Å². The zero-order valence-electron chi connectivity index (χ0n) is 10.7. The minimum atomic E-state index is 0.0643. The molecular formula is C15H12N2OS. The van der Waals surface area contributed by atoms with Crippen molar-refractivity contribution in [3.63, 3.8) is 0 Å². The predicted molar refractivity (Wildman–Crippen MR) is 77.6 cm³/mol. The second-order valence-electron chi connectivity index (χ2n) is 4.40. The van der Waals surface area contributed by atoms with Crippen molar-refractivity contribution in [2.45, 2.75) is 13.8 Å². The summed E-state index contributed by atoms with van der Waals surface area (Å²) in [4.78, 5) is 21.0. The van der Waals surface area contributed by atoms with Crippen molar-refractivity contribution in [2.24, 2.45) is 0 Å². The topological polar surface area (TPSA) is 42.9 Å². The number of nitrogens with zero attached hydrogens (tertiary/aromatic N) is 2. The Balaban J connectivity index is 2.25. The number of Topliss-reactive ketones (excluding diaryl/α,β-unsaturated/α-hetero) is 1. The number of benzene rings is 1. The van der Waals surface area contributed by atoms with E-state index in [1.165, 1.54) is 11.3 Å². The molecule has 2 aromatic heterocycles. The summed E-state index contributed by atoms with van der Waals surface area (Å²) < 4.78 is 0. The van der Waals surface area contributed by atoms with Crippen molar-refractivity contribution >= 4 is 27.9 Å². The normalized spacial score (nSPS) is 10.8. The molecule has 1 aromatic carbocycles. The van der Waals surface area contributed by atoms with Gasteiger partial charge in [-0.2, -0.15) is 0 Å². The highest BCUT2D eigenvalue weighted by Gasteiger charge is 2.14. The summed E-state index contributed by atoms with van der Waals surface area (Å²) >= 11 is 1.43. The van der Waals surface area contributed by atoms with E-state index in [-0.39, 0.29) is 5.78 Å². The summed E-state index contributed by atoms with van der Waals surface area (Å²) in [5, 5.41) is 3.05. The van der Waals surface area contributed by atoms with Crippen molar-refractivity contribution in [1.82, 2.24) is 9.97 Å². The molecule has 0 atom stereocenters. The highest BCUT2D eigenvalue weighted by atomic mass is 32.1. The Morgan fingerprint density at radius 2 is 2.00 bits per heavy atom. The number of aromatic nitrogens is 2. The number of fused-ring (bicyclic) bond motifs is 1. The molecule has 0 aliphatic rings. The van der Waals surface area contributed by atoms with E-state index in [1.54, 1.807) is 6.92 Å². The molecule has 0 bridgehead atoms. The van der Waals surface area contributed by atoms with E-state index >= 15 is 0 Å². The van der Waals surface area contributed by atoms with Crippen molar-refractivity contribution in [3.8, 4) is 10.6 Å². The van der Waals surface area contributed by atoms with E-state index in [0.29, 0.717) is 0 Å². The summed E-state index contributed by atoms with van der Waals surface area (Å²) in [7, 11) is 0. The molecular weight excluding hydrogens is 256 g/mol. The molecule has 0 fully saturated rings. The smallest absolute Gasteiger partial charge is 0.171 e. The van der Waals surface area contributed by atoms with Gasteiger partial charge in [-0.3, -0.25) is 9.78 Å². The molecule has 0 spiro atoms. The van der Waals surface area contributed by atoms with Gasteiger partial charge in [-0.25, -0.2) is 4.98 Å². The van der Waals surface area contributed by atoms with Gasteiger partial charge in [0.05, 0.1) is 10.6 Å². The van der Waals surface area contributed by atoms with Crippen molar-refractivity contribution in [3.05, 3.63) is 47.2 Å². The van der Waals surface area contributed by atoms with Gasteiger partial charge in [-0.1, -0.05) is 24.3 Å². The van der Waals surface area contributed by atoms with Gasteiger partial charge < -0.3 is 0 Å². The summed E-state index contributed by atoms with van der Waals surface area (Å²) in [6.45, 7) is 3.45. The third kappa shape index (κ3) is 2.04. The maximum Gasteiger partial charge on any atom is 0.171 e. The fourth-order valence-electron chi connectivity index (χ4n) is 2.13. The number of hydrogen-bond acceptors (Lipinski definition) is 4. The van der Waals surface area contributed by atoms with Gasteiger partial charge in [0.2, 0.25) is 0 Å². The molecule has 3 nitrogen and oxygen atoms in total. The molecule has 0 N–H and O–H groups in total. The van der Waals surface area contributed by atoms with Crippen LogP contribution in [0.5, 0.6) is 0 Å². The van der Waals surface area contributed by atoms with E-state index in [2.05, 4.69) is 16.0 Å². The minimum absolute atomic E-state index is 0.0643. The lowest BCUT2D eigenvalue weighted by Crippen LogP contribution is -1.89. The van der Waals surface area contributed by atoms with Crippen LogP contribution in [0.15, 0.2) is 36.7 Å². The Hall–Kier alpha value is -2.07. The fourth-order valence-corrected chi connectivity index (χ4v) is 3.11. The van der Waals surface area contributed by atoms with Gasteiger partial charge in [0.15, 0.2) is 5.78 Å². The van der Waals surface area contributed by atoms with Gasteiger partial charge in [0.25, 0.3) is 0 Å². The first-order chi connectivity index (χ1) is 9.16. The van der Waals surface area contributed by atoms with Crippen LogP contribution in [0.25, 0.3) is 21.3 Å². The number of hydrogen-bond donors (Lipinski definition) is 0. The van der Waals surface area contributed by atoms with E-state index in [1.807, 2.05) is 37.5 Å². The number of aryl methyl sites for hydroxylation is 1. The van der Waals surface area contributed by atoms with Gasteiger partial charge >= 0.3 is 0 Å². The van der Waals surface area contributed by atoms with E-state index in [4.69, 9.17) is 0 Å². The Kier molecular flexibility index (Phi) is 2.87. The first kappa shape index (κ1) is 12.0. The van der Waals surface area contributed by atoms with E-state index < -0.39 is 0 Å². The third-order valence-electron chi connectivity index (χ3n) is 3.01. The standard InChI is InChI=1S/C15H12N2OS/c1-9-14(10(2)18)19-15(17-9)13-8-16-7-11-5-3-4-6-12(11)13/h3-8H,1-2H3. The average Bonchev–Trinajstić information content (AvgIpc) is 2.80. The van der Waals surface area contributed by atoms with Crippen LogP contribution in [0.2, 0.25) is 0 Å². The molecule has 0 saturated heterocycles. The van der Waals surface area contributed by atoms with Crippen LogP contribution in [0.1, 0.15) is 22.3 Å². The quantitative estimate of drug-likeness (QED) is 0.663. The van der Waals surface area contributed by atoms with Gasteiger partial charge in [0, 0.05) is 30.3 Å². The van der Waals surface area contributed by atoms with Crippen LogP contribution >= 0.6 is 11.3 Å². The first-order valence-corrected chi connectivity index (χ1v) is 6.80. The van der Waals surface area contributed by atoms with Gasteiger partial charge in [-0.15, -0.1) is 11.3 Å². The minimum Gasteiger partial charge on any atom is -0.294 e. The zero-order valence-corrected chi connectivity index (χ0v) is 11.5. The molecule has 0 aliphatic carbocycles. The fraction of sp³-hybridized carbons (Fsp3) is 0.133. The lowest BCUT2D eigenvalue weighted by Gasteiger charge is -2.02. The highest BCUT2D eigenvalue weighted by Crippen LogP contribution is 2.32. The number of pyridine rings is 1. The van der Waals surface area contributed by atoms with Crippen molar-refractivity contribution in [1.29, 1.82) is 0 Å². The number of rotatable bonds is 2. The Labute approximate surface area is 115 Å². The first-order valence-electron chi connectivity index (χ1n) is 5.98. The lowest BCUT2D eigenvalue weighted by atomic mass is 10.1. The molecule has 3 rings (SSSR count). The van der Waals surface area contributed by atoms with Crippen LogP contribution in [0, 0.1) is 6.92 Å². The number of carbonyl (C=O) groups excluding carboxylic acids is 1. The molecule has 0 unspecified atom stereocenters. The average molecular weight is 268 g/mol. The number of thiazole rings is 1. The second-order valence-corrected chi connectivity index (χ2v) is 5.40. The number of carbonyl (C=O) groups is 1. The maximum absolute atomic E-state index is 11.5. The zero-order chi connectivity index (χ0) is 13.4. The molecule has 0 saturated carbocycles. The van der Waals surface area contributed by atoms with Crippen LogP contribution in [-0.4, -0.2) is 15.8 Å². The Bertz CT molecular complexity index is 771. The third-order valence-corrected chi connectivity index (χ3v) is 4.31. The lowest BCUT2D eigenvalue weighted by molar-refractivity contribution is 0.102. The molecule has 0 aliphatic heterocycles. The van der Waals surface area contributed by atoms with Crippen molar-refractivity contribution < 1.29 is 4.79 Å². The molecule has 3 aromatic rings.